The number of nitroso groups, excluding NO2 is 1. The number of amides is 2. The van der Waals surface area contributed by atoms with E-state index in [1.807, 2.05) is 6.92 Å². The van der Waals surface area contributed by atoms with Gasteiger partial charge in [0.1, 0.15) is 11.2 Å². The zero-order chi connectivity index (χ0) is 30.3. The molecule has 1 saturated heterocycles. The predicted octanol–water partition coefficient (Wildman–Crippen LogP) is 5.58. The highest BCUT2D eigenvalue weighted by molar-refractivity contribution is 7.17. The van der Waals surface area contributed by atoms with E-state index in [1.165, 1.54) is 25.7 Å². The van der Waals surface area contributed by atoms with Gasteiger partial charge in [-0.25, -0.2) is 4.98 Å². The highest BCUT2D eigenvalue weighted by Gasteiger charge is 2.71. The van der Waals surface area contributed by atoms with Gasteiger partial charge in [-0.15, -0.1) is 11.3 Å². The zero-order valence-electron chi connectivity index (χ0n) is 22.0. The van der Waals surface area contributed by atoms with E-state index >= 15 is 0 Å². The van der Waals surface area contributed by atoms with Crippen molar-refractivity contribution < 1.29 is 41.0 Å². The molecule has 15 heteroatoms. The van der Waals surface area contributed by atoms with Crippen LogP contribution in [0.2, 0.25) is 0 Å². The normalized spacial score (nSPS) is 16.8. The van der Waals surface area contributed by atoms with E-state index < -0.39 is 40.9 Å². The van der Waals surface area contributed by atoms with Crippen molar-refractivity contribution in [1.29, 1.82) is 0 Å². The Kier molecular flexibility index (Phi) is 8.71. The first-order chi connectivity index (χ1) is 18.4. The lowest BCUT2D eigenvalue weighted by molar-refractivity contribution is -0.376. The smallest absolute Gasteiger partial charge is 0.369 e. The number of aromatic nitrogens is 1. The van der Waals surface area contributed by atoms with Crippen molar-refractivity contribution in [3.8, 4) is 10.4 Å². The lowest BCUT2D eigenvalue weighted by Gasteiger charge is -2.33. The highest BCUT2D eigenvalue weighted by Crippen LogP contribution is 2.51. The largest absolute Gasteiger partial charge is 0.430 e. The predicted molar refractivity (Wildman–Crippen MR) is 135 cm³/mol. The van der Waals surface area contributed by atoms with E-state index in [2.05, 4.69) is 15.5 Å². The van der Waals surface area contributed by atoms with Gasteiger partial charge in [0.2, 0.25) is 0 Å². The summed E-state index contributed by atoms with van der Waals surface area (Å²) in [7, 11) is 0. The van der Waals surface area contributed by atoms with Crippen LogP contribution >= 0.6 is 11.3 Å². The van der Waals surface area contributed by atoms with E-state index in [0.29, 0.717) is 25.1 Å². The van der Waals surface area contributed by atoms with Gasteiger partial charge in [0.05, 0.1) is 4.88 Å². The van der Waals surface area contributed by atoms with Gasteiger partial charge >= 0.3 is 12.4 Å². The number of likely N-dealkylation sites (tertiary alicyclic amines) is 1. The Morgan fingerprint density at radius 2 is 1.80 bits per heavy atom. The summed E-state index contributed by atoms with van der Waals surface area (Å²) in [6.45, 7) is 6.52. The van der Waals surface area contributed by atoms with Crippen LogP contribution in [-0.4, -0.2) is 63.8 Å². The molecule has 2 amide bonds. The molecule has 1 aliphatic rings. The number of thiazole rings is 1. The Morgan fingerprint density at radius 3 is 2.30 bits per heavy atom. The third-order valence-corrected chi connectivity index (χ3v) is 7.82. The standard InChI is InChI=1S/C25H28F6N4O4S/c1-5-14-11-15(23(38,24(26,27)28)25(29,30)31)8-9-16(14)18-17(21(37)35-10-6-7-13(35)2)33-20(40-18)19(36)32-12-22(3,4)34-39/h8-9,11,13,38H,5-7,10,12H2,1-4H3,(H,32,36)/t13-/m0/s1. The molecule has 1 fully saturated rings. The van der Waals surface area contributed by atoms with Crippen LogP contribution in [0.25, 0.3) is 10.4 Å². The Morgan fingerprint density at radius 1 is 1.18 bits per heavy atom. The quantitative estimate of drug-likeness (QED) is 0.306. The number of benzene rings is 1. The minimum atomic E-state index is -6.06. The Balaban J connectivity index is 2.16. The van der Waals surface area contributed by atoms with E-state index in [4.69, 9.17) is 0 Å². The van der Waals surface area contributed by atoms with Gasteiger partial charge in [0.15, 0.2) is 5.01 Å². The molecule has 0 saturated carbocycles. The average Bonchev–Trinajstić information content (AvgIpc) is 3.51. The Hall–Kier alpha value is -3.07. The maximum atomic E-state index is 13.5. The molecular weight excluding hydrogens is 566 g/mol. The van der Waals surface area contributed by atoms with Crippen molar-refractivity contribution in [3.63, 3.8) is 0 Å². The fraction of sp³-hybridized carbons (Fsp3) is 0.560. The van der Waals surface area contributed by atoms with Gasteiger partial charge in [-0.2, -0.15) is 31.2 Å². The summed E-state index contributed by atoms with van der Waals surface area (Å²) in [5.74, 6) is -1.28. The molecule has 1 aliphatic heterocycles. The van der Waals surface area contributed by atoms with E-state index in [0.717, 1.165) is 23.8 Å². The number of hydrogen-bond acceptors (Lipinski definition) is 7. The molecule has 0 radical (unpaired) electrons. The topological polar surface area (TPSA) is 112 Å². The molecule has 1 atom stereocenters. The van der Waals surface area contributed by atoms with Crippen molar-refractivity contribution in [2.24, 2.45) is 5.18 Å². The van der Waals surface area contributed by atoms with Gasteiger partial charge in [-0.3, -0.25) is 9.59 Å². The molecule has 1 aromatic carbocycles. The summed E-state index contributed by atoms with van der Waals surface area (Å²) in [4.78, 5) is 43.1. The molecule has 1 aromatic heterocycles. The molecule has 220 valence electrons. The summed E-state index contributed by atoms with van der Waals surface area (Å²) >= 11 is 0.735. The number of rotatable bonds is 8. The SMILES string of the molecule is CCc1cc(C(O)(C(F)(F)F)C(F)(F)F)ccc1-c1sc(C(=O)NCC(C)(C)N=O)nc1C(=O)N1CCC[C@@H]1C. The molecule has 2 heterocycles. The molecule has 0 spiro atoms. The molecule has 3 rings (SSSR count). The van der Waals surface area contributed by atoms with Gasteiger partial charge < -0.3 is 15.3 Å². The monoisotopic (exact) mass is 594 g/mol. The van der Waals surface area contributed by atoms with Crippen LogP contribution in [0.1, 0.15) is 72.0 Å². The molecule has 2 aromatic rings. The molecule has 40 heavy (non-hydrogen) atoms. The van der Waals surface area contributed by atoms with Crippen molar-refractivity contribution in [2.45, 2.75) is 76.5 Å². The summed E-state index contributed by atoms with van der Waals surface area (Å²) in [6.07, 6.45) is -10.8. The first-order valence-electron chi connectivity index (χ1n) is 12.3. The van der Waals surface area contributed by atoms with E-state index in [-0.39, 0.29) is 45.7 Å². The van der Waals surface area contributed by atoms with Crippen LogP contribution in [0, 0.1) is 4.91 Å². The molecule has 0 bridgehead atoms. The summed E-state index contributed by atoms with van der Waals surface area (Å²) in [6, 6.07) is 1.90. The highest BCUT2D eigenvalue weighted by atomic mass is 32.1. The molecule has 8 nitrogen and oxygen atoms in total. The molecule has 0 unspecified atom stereocenters. The second-order valence-corrected chi connectivity index (χ2v) is 11.2. The second-order valence-electron chi connectivity index (χ2n) is 10.2. The number of carbonyl (C=O) groups is 2. The maximum Gasteiger partial charge on any atom is 0.430 e. The average molecular weight is 595 g/mol. The van der Waals surface area contributed by atoms with E-state index in [1.54, 1.807) is 0 Å². The van der Waals surface area contributed by atoms with Crippen molar-refractivity contribution in [3.05, 3.63) is 44.9 Å². The summed E-state index contributed by atoms with van der Waals surface area (Å²) in [5.41, 5.74) is -7.81. The summed E-state index contributed by atoms with van der Waals surface area (Å²) < 4.78 is 81.0. The molecule has 0 aliphatic carbocycles. The maximum absolute atomic E-state index is 13.5. The van der Waals surface area contributed by atoms with Crippen molar-refractivity contribution in [1.82, 2.24) is 15.2 Å². The minimum absolute atomic E-state index is 0.0326. The number of aryl methyl sites for hydroxylation is 1. The van der Waals surface area contributed by atoms with Crippen LogP contribution in [-0.2, 0) is 12.0 Å². The number of aliphatic hydroxyl groups is 1. The lowest BCUT2D eigenvalue weighted by atomic mass is 9.88. The van der Waals surface area contributed by atoms with Crippen LogP contribution in [0.4, 0.5) is 26.3 Å². The van der Waals surface area contributed by atoms with Crippen molar-refractivity contribution >= 4 is 23.2 Å². The van der Waals surface area contributed by atoms with E-state index in [9.17, 15) is 45.9 Å². The number of nitrogens with zero attached hydrogens (tertiary/aromatic N) is 3. The minimum Gasteiger partial charge on any atom is -0.369 e. The number of halogens is 6. The fourth-order valence-corrected chi connectivity index (χ4v) is 5.37. The third kappa shape index (κ3) is 5.85. The number of nitrogens with one attached hydrogen (secondary N) is 1. The number of alkyl halides is 6. The van der Waals surface area contributed by atoms with Gasteiger partial charge in [0.25, 0.3) is 17.4 Å². The third-order valence-electron chi connectivity index (χ3n) is 6.74. The Labute approximate surface area is 229 Å². The number of hydrogen-bond donors (Lipinski definition) is 2. The fourth-order valence-electron chi connectivity index (χ4n) is 4.34. The summed E-state index contributed by atoms with van der Waals surface area (Å²) in [5, 5.41) is 15.1. The second kappa shape index (κ2) is 11.1. The Bertz CT molecular complexity index is 1280. The van der Waals surface area contributed by atoms with Gasteiger partial charge in [0, 0.05) is 24.7 Å². The first-order valence-corrected chi connectivity index (χ1v) is 13.1. The van der Waals surface area contributed by atoms with Crippen LogP contribution in [0.15, 0.2) is 23.4 Å². The lowest BCUT2D eigenvalue weighted by Crippen LogP contribution is -2.53. The van der Waals surface area contributed by atoms with Gasteiger partial charge in [-0.05, 0) is 51.2 Å². The molecular formula is C25H28F6N4O4S. The van der Waals surface area contributed by atoms with Crippen LogP contribution in [0.5, 0.6) is 0 Å². The van der Waals surface area contributed by atoms with Crippen molar-refractivity contribution in [2.75, 3.05) is 13.1 Å². The van der Waals surface area contributed by atoms with Crippen LogP contribution < -0.4 is 5.32 Å². The number of carbonyl (C=O) groups excluding carboxylic acids is 2. The van der Waals surface area contributed by atoms with Gasteiger partial charge in [-0.1, -0.05) is 30.3 Å². The first kappa shape index (κ1) is 31.5. The molecule has 2 N–H and O–H groups in total. The zero-order valence-corrected chi connectivity index (χ0v) is 22.9. The van der Waals surface area contributed by atoms with Crippen LogP contribution in [0.3, 0.4) is 0 Å².